The Morgan fingerprint density at radius 1 is 1.27 bits per heavy atom. The maximum atomic E-state index is 12.4. The number of aryl methyl sites for hydroxylation is 1. The van der Waals surface area contributed by atoms with Crippen LogP contribution in [0.1, 0.15) is 52.1 Å². The lowest BCUT2D eigenvalue weighted by atomic mass is 9.91. The second-order valence-corrected chi connectivity index (χ2v) is 7.01. The van der Waals surface area contributed by atoms with Crippen molar-refractivity contribution in [2.45, 2.75) is 32.1 Å². The zero-order valence-corrected chi connectivity index (χ0v) is 14.9. The quantitative estimate of drug-likeness (QED) is 0.566. The molecule has 6 heteroatoms. The summed E-state index contributed by atoms with van der Waals surface area (Å²) >= 11 is 5.47. The van der Waals surface area contributed by atoms with Crippen LogP contribution in [0.4, 0.5) is 5.69 Å². The first kappa shape index (κ1) is 16.7. The summed E-state index contributed by atoms with van der Waals surface area (Å²) in [5.74, 6) is -0.773. The summed E-state index contributed by atoms with van der Waals surface area (Å²) in [5, 5.41) is 12.3. The first-order valence-corrected chi connectivity index (χ1v) is 9.06. The first-order valence-electron chi connectivity index (χ1n) is 8.65. The molecule has 0 fully saturated rings. The molecule has 3 N–H and O–H groups in total. The predicted molar refractivity (Wildman–Crippen MR) is 105 cm³/mol. The highest BCUT2D eigenvalue weighted by atomic mass is 32.1. The molecule has 1 aromatic carbocycles. The van der Waals surface area contributed by atoms with E-state index in [4.69, 9.17) is 17.3 Å². The van der Waals surface area contributed by atoms with Crippen LogP contribution in [-0.4, -0.2) is 26.8 Å². The summed E-state index contributed by atoms with van der Waals surface area (Å²) < 4.78 is 0. The van der Waals surface area contributed by atoms with Crippen LogP contribution in [0, 0.1) is 0 Å². The number of aromatic amines is 1. The molecule has 2 aliphatic rings. The van der Waals surface area contributed by atoms with Crippen molar-refractivity contribution in [3.05, 3.63) is 52.3 Å². The molecule has 0 saturated carbocycles. The molecular formula is C20H18N2O3S. The average molecular weight is 366 g/mol. The minimum Gasteiger partial charge on any atom is -0.481 e. The van der Waals surface area contributed by atoms with E-state index in [0.29, 0.717) is 23.4 Å². The van der Waals surface area contributed by atoms with Crippen LogP contribution in [0.3, 0.4) is 0 Å². The fourth-order valence-electron chi connectivity index (χ4n) is 3.73. The fraction of sp³-hybridized carbons (Fsp3) is 0.250. The van der Waals surface area contributed by atoms with E-state index in [9.17, 15) is 9.59 Å². The smallest absolute Gasteiger partial charge is 0.303 e. The molecule has 5 nitrogen and oxygen atoms in total. The van der Waals surface area contributed by atoms with Crippen molar-refractivity contribution in [1.82, 2.24) is 4.98 Å². The molecule has 132 valence electrons. The molecule has 0 amide bonds. The van der Waals surface area contributed by atoms with Gasteiger partial charge in [-0.2, -0.15) is 0 Å². The minimum atomic E-state index is -0.870. The predicted octanol–water partition coefficient (Wildman–Crippen LogP) is 3.84. The van der Waals surface area contributed by atoms with Gasteiger partial charge in [-0.1, -0.05) is 30.4 Å². The van der Waals surface area contributed by atoms with Crippen molar-refractivity contribution >= 4 is 46.3 Å². The van der Waals surface area contributed by atoms with Crippen molar-refractivity contribution in [2.24, 2.45) is 0 Å². The standard InChI is InChI=1S/C20H18N2O3S/c23-17-7-3-6-15-19(17)12(8-9-18(24)25)16(21-15)10-13-11-4-1-2-5-14(11)22-20(13)26/h1-2,4-5,10,21H,3,6-9H2,(H,22,26)(H,24,25)/b13-10-. The number of fused-ring (bicyclic) bond motifs is 2. The van der Waals surface area contributed by atoms with Crippen molar-refractivity contribution in [1.29, 1.82) is 0 Å². The van der Waals surface area contributed by atoms with E-state index in [-0.39, 0.29) is 12.2 Å². The third kappa shape index (κ3) is 2.86. The van der Waals surface area contributed by atoms with Crippen molar-refractivity contribution in [2.75, 3.05) is 5.32 Å². The molecule has 1 aliphatic carbocycles. The van der Waals surface area contributed by atoms with Gasteiger partial charge in [0.2, 0.25) is 0 Å². The van der Waals surface area contributed by atoms with Gasteiger partial charge in [0.25, 0.3) is 0 Å². The summed E-state index contributed by atoms with van der Waals surface area (Å²) in [7, 11) is 0. The maximum Gasteiger partial charge on any atom is 0.303 e. The van der Waals surface area contributed by atoms with Crippen LogP contribution in [0.2, 0.25) is 0 Å². The molecule has 0 atom stereocenters. The molecule has 2 aromatic rings. The number of Topliss-reactive ketones (excluding diaryl/α,β-unsaturated/α-hetero) is 1. The number of H-pyrrole nitrogens is 1. The van der Waals surface area contributed by atoms with E-state index in [2.05, 4.69) is 10.3 Å². The van der Waals surface area contributed by atoms with Gasteiger partial charge in [-0.25, -0.2) is 0 Å². The average Bonchev–Trinajstić information content (AvgIpc) is 3.12. The number of hydrogen-bond donors (Lipinski definition) is 3. The Morgan fingerprint density at radius 2 is 2.08 bits per heavy atom. The monoisotopic (exact) mass is 366 g/mol. The maximum absolute atomic E-state index is 12.4. The Hall–Kier alpha value is -2.73. The van der Waals surface area contributed by atoms with E-state index in [1.165, 1.54) is 0 Å². The van der Waals surface area contributed by atoms with Gasteiger partial charge < -0.3 is 15.4 Å². The van der Waals surface area contributed by atoms with Gasteiger partial charge in [-0.15, -0.1) is 0 Å². The van der Waals surface area contributed by atoms with E-state index in [1.54, 1.807) is 0 Å². The summed E-state index contributed by atoms with van der Waals surface area (Å²) in [5.41, 5.74) is 6.06. The number of anilines is 1. The van der Waals surface area contributed by atoms with Crippen molar-refractivity contribution < 1.29 is 14.7 Å². The summed E-state index contributed by atoms with van der Waals surface area (Å²) in [4.78, 5) is 27.5. The van der Waals surface area contributed by atoms with Crippen LogP contribution in [0.25, 0.3) is 11.6 Å². The number of para-hydroxylation sites is 1. The lowest BCUT2D eigenvalue weighted by molar-refractivity contribution is -0.136. The van der Waals surface area contributed by atoms with Gasteiger partial charge in [0.1, 0.15) is 4.99 Å². The molecule has 2 heterocycles. The third-order valence-corrected chi connectivity index (χ3v) is 5.23. The highest BCUT2D eigenvalue weighted by molar-refractivity contribution is 7.81. The zero-order valence-electron chi connectivity index (χ0n) is 14.1. The number of ketones is 1. The van der Waals surface area contributed by atoms with Crippen LogP contribution < -0.4 is 5.32 Å². The number of benzene rings is 1. The topological polar surface area (TPSA) is 82.2 Å². The van der Waals surface area contributed by atoms with Gasteiger partial charge in [0.15, 0.2) is 5.78 Å². The fourth-order valence-corrected chi connectivity index (χ4v) is 4.01. The number of carbonyl (C=O) groups excluding carboxylic acids is 1. The minimum absolute atomic E-state index is 0.00691. The van der Waals surface area contributed by atoms with E-state index in [0.717, 1.165) is 46.6 Å². The van der Waals surface area contributed by atoms with Crippen LogP contribution in [0.15, 0.2) is 24.3 Å². The molecule has 1 aliphatic heterocycles. The number of rotatable bonds is 4. The Labute approximate surface area is 156 Å². The van der Waals surface area contributed by atoms with Gasteiger partial charge in [-0.05, 0) is 37.0 Å². The highest BCUT2D eigenvalue weighted by Gasteiger charge is 2.27. The Kier molecular flexibility index (Phi) is 4.20. The van der Waals surface area contributed by atoms with Gasteiger partial charge in [-0.3, -0.25) is 9.59 Å². The van der Waals surface area contributed by atoms with Crippen LogP contribution in [0.5, 0.6) is 0 Å². The summed E-state index contributed by atoms with van der Waals surface area (Å²) in [6.45, 7) is 0. The molecule has 0 saturated heterocycles. The number of hydrogen-bond acceptors (Lipinski definition) is 3. The first-order chi connectivity index (χ1) is 12.5. The van der Waals surface area contributed by atoms with E-state index in [1.807, 2.05) is 30.3 Å². The normalized spacial score (nSPS) is 17.2. The number of nitrogens with one attached hydrogen (secondary N) is 2. The number of aromatic nitrogens is 1. The van der Waals surface area contributed by atoms with Gasteiger partial charge in [0.05, 0.1) is 0 Å². The number of aliphatic carboxylic acids is 1. The van der Waals surface area contributed by atoms with Crippen molar-refractivity contribution in [3.8, 4) is 0 Å². The molecule has 0 spiro atoms. The second kappa shape index (κ2) is 6.53. The lowest BCUT2D eigenvalue weighted by Gasteiger charge is -2.11. The van der Waals surface area contributed by atoms with Crippen LogP contribution in [-0.2, 0) is 17.6 Å². The molecular weight excluding hydrogens is 348 g/mol. The van der Waals surface area contributed by atoms with Gasteiger partial charge >= 0.3 is 5.97 Å². The zero-order chi connectivity index (χ0) is 18.3. The SMILES string of the molecule is O=C(O)CCc1c(/C=C2\C(=S)Nc3ccccc32)[nH]c2c1C(=O)CCC2. The second-order valence-electron chi connectivity index (χ2n) is 6.60. The summed E-state index contributed by atoms with van der Waals surface area (Å²) in [6, 6.07) is 7.87. The lowest BCUT2D eigenvalue weighted by Crippen LogP contribution is -2.11. The molecule has 1 aromatic heterocycles. The third-order valence-electron chi connectivity index (χ3n) is 4.91. The van der Waals surface area contributed by atoms with Gasteiger partial charge in [0, 0.05) is 46.6 Å². The van der Waals surface area contributed by atoms with E-state index >= 15 is 0 Å². The molecule has 0 unspecified atom stereocenters. The molecule has 26 heavy (non-hydrogen) atoms. The molecule has 4 rings (SSSR count). The highest BCUT2D eigenvalue weighted by Crippen LogP contribution is 2.36. The number of carboxylic acid groups (broad SMARTS) is 1. The number of carboxylic acids is 1. The Morgan fingerprint density at radius 3 is 2.88 bits per heavy atom. The van der Waals surface area contributed by atoms with Crippen molar-refractivity contribution in [3.63, 3.8) is 0 Å². The van der Waals surface area contributed by atoms with Crippen LogP contribution >= 0.6 is 12.2 Å². The Bertz CT molecular complexity index is 971. The summed E-state index contributed by atoms with van der Waals surface area (Å²) in [6.07, 6.45) is 4.42. The number of carbonyl (C=O) groups is 2. The number of thiocarbonyl (C=S) groups is 1. The van der Waals surface area contributed by atoms with E-state index < -0.39 is 5.97 Å². The largest absolute Gasteiger partial charge is 0.481 e. The Balaban J connectivity index is 1.83. The molecule has 0 radical (unpaired) electrons. The molecule has 0 bridgehead atoms.